The van der Waals surface area contributed by atoms with Gasteiger partial charge >= 0.3 is 0 Å². The topological polar surface area (TPSA) is 75.3 Å². The average Bonchev–Trinajstić information content (AvgIpc) is 3.24. The zero-order valence-corrected chi connectivity index (χ0v) is 20.0. The molecule has 5 rings (SSSR count). The van der Waals surface area contributed by atoms with Gasteiger partial charge in [-0.05, 0) is 38.2 Å². The lowest BCUT2D eigenvalue weighted by Crippen LogP contribution is -2.57. The number of benzene rings is 1. The van der Waals surface area contributed by atoms with Gasteiger partial charge in [0.25, 0.3) is 10.2 Å². The van der Waals surface area contributed by atoms with Gasteiger partial charge in [0.1, 0.15) is 0 Å². The Morgan fingerprint density at radius 1 is 1.10 bits per heavy atom. The molecule has 2 aromatic heterocycles. The highest BCUT2D eigenvalue weighted by Crippen LogP contribution is 2.26. The Hall–Kier alpha value is -1.41. The minimum absolute atomic E-state index is 0.0902. The maximum Gasteiger partial charge on any atom is 0.282 e. The second-order valence-corrected chi connectivity index (χ2v) is 11.5. The van der Waals surface area contributed by atoms with Crippen molar-refractivity contribution in [2.75, 3.05) is 39.3 Å². The van der Waals surface area contributed by atoms with Crippen LogP contribution in [0.4, 0.5) is 0 Å². The summed E-state index contributed by atoms with van der Waals surface area (Å²) in [6.07, 6.45) is -0.180. The van der Waals surface area contributed by atoms with Gasteiger partial charge in [-0.15, -0.1) is 5.10 Å². The first-order valence-electron chi connectivity index (χ1n) is 10.4. The van der Waals surface area contributed by atoms with Gasteiger partial charge in [0, 0.05) is 39.3 Å². The standard InChI is InChI=1S/C19H26N6O3S3/c1-14-11-23(12-15(2)28-14)31(26,27)22-9-7-21(8-10-22)13-24-19(29)25-16-5-3-4-6-17(16)30-18(25)20-24/h3-6,14-15H,7-13H2,1-2H3. The van der Waals surface area contributed by atoms with Crippen LogP contribution in [0.5, 0.6) is 0 Å². The molecule has 2 fully saturated rings. The molecule has 0 saturated carbocycles. The molecule has 1 aromatic carbocycles. The van der Waals surface area contributed by atoms with Gasteiger partial charge in [0.15, 0.2) is 0 Å². The van der Waals surface area contributed by atoms with Crippen LogP contribution in [0.1, 0.15) is 13.8 Å². The van der Waals surface area contributed by atoms with Crippen LogP contribution in [0.2, 0.25) is 0 Å². The van der Waals surface area contributed by atoms with E-state index in [9.17, 15) is 8.42 Å². The number of ether oxygens (including phenoxy) is 1. The van der Waals surface area contributed by atoms with Gasteiger partial charge < -0.3 is 4.74 Å². The van der Waals surface area contributed by atoms with E-state index in [2.05, 4.69) is 17.0 Å². The molecule has 0 bridgehead atoms. The Morgan fingerprint density at radius 3 is 2.48 bits per heavy atom. The predicted octanol–water partition coefficient (Wildman–Crippen LogP) is 2.01. The van der Waals surface area contributed by atoms with Crippen molar-refractivity contribution in [1.29, 1.82) is 0 Å². The maximum atomic E-state index is 13.1. The fraction of sp³-hybridized carbons (Fsp3) is 0.579. The zero-order chi connectivity index (χ0) is 21.8. The normalized spacial score (nSPS) is 25.0. The van der Waals surface area contributed by atoms with Crippen molar-refractivity contribution >= 4 is 48.9 Å². The maximum absolute atomic E-state index is 13.1. The number of para-hydroxylation sites is 1. The third-order valence-corrected chi connectivity index (χ3v) is 9.19. The summed E-state index contributed by atoms with van der Waals surface area (Å²) in [5.41, 5.74) is 1.07. The number of piperazine rings is 1. The monoisotopic (exact) mass is 482 g/mol. The Bertz CT molecular complexity index is 1250. The van der Waals surface area contributed by atoms with E-state index < -0.39 is 10.2 Å². The third kappa shape index (κ3) is 3.94. The predicted molar refractivity (Wildman–Crippen MR) is 123 cm³/mol. The van der Waals surface area contributed by atoms with E-state index >= 15 is 0 Å². The second-order valence-electron chi connectivity index (χ2n) is 8.21. The quantitative estimate of drug-likeness (QED) is 0.530. The molecule has 168 valence electrons. The van der Waals surface area contributed by atoms with Crippen LogP contribution in [0.25, 0.3) is 15.2 Å². The van der Waals surface area contributed by atoms with Crippen molar-refractivity contribution in [2.24, 2.45) is 0 Å². The van der Waals surface area contributed by atoms with Crippen LogP contribution >= 0.6 is 23.6 Å². The van der Waals surface area contributed by atoms with Gasteiger partial charge in [-0.1, -0.05) is 23.5 Å². The zero-order valence-electron chi connectivity index (χ0n) is 17.5. The van der Waals surface area contributed by atoms with Crippen LogP contribution in [0.15, 0.2) is 24.3 Å². The first-order valence-corrected chi connectivity index (χ1v) is 13.1. The SMILES string of the molecule is CC1CN(S(=O)(=O)N2CCN(Cn3nc4sc5ccccc5n4c3=S)CC2)CC(C)O1. The number of morpholine rings is 1. The summed E-state index contributed by atoms with van der Waals surface area (Å²) in [6, 6.07) is 8.14. The molecule has 0 amide bonds. The van der Waals surface area contributed by atoms with Crippen molar-refractivity contribution in [3.05, 3.63) is 29.0 Å². The summed E-state index contributed by atoms with van der Waals surface area (Å²) in [5, 5.41) is 4.70. The number of hydrogen-bond acceptors (Lipinski definition) is 7. The lowest BCUT2D eigenvalue weighted by molar-refractivity contribution is -0.0458. The van der Waals surface area contributed by atoms with Crippen molar-refractivity contribution in [2.45, 2.75) is 32.7 Å². The molecule has 31 heavy (non-hydrogen) atoms. The number of nitrogens with zero attached hydrogens (tertiary/aromatic N) is 6. The van der Waals surface area contributed by atoms with Crippen molar-refractivity contribution in [3.8, 4) is 0 Å². The first-order chi connectivity index (χ1) is 14.8. The van der Waals surface area contributed by atoms with Crippen LogP contribution < -0.4 is 0 Å². The fourth-order valence-corrected chi connectivity index (χ4v) is 7.46. The summed E-state index contributed by atoms with van der Waals surface area (Å²) in [7, 11) is -3.48. The average molecular weight is 483 g/mol. The third-order valence-electron chi connectivity index (χ3n) is 5.82. The highest BCUT2D eigenvalue weighted by molar-refractivity contribution is 7.86. The summed E-state index contributed by atoms with van der Waals surface area (Å²) in [4.78, 5) is 3.08. The molecule has 0 aliphatic carbocycles. The van der Waals surface area contributed by atoms with Crippen molar-refractivity contribution < 1.29 is 13.2 Å². The highest BCUT2D eigenvalue weighted by atomic mass is 32.2. The van der Waals surface area contributed by atoms with Gasteiger partial charge in [0.2, 0.25) is 9.73 Å². The molecule has 9 nitrogen and oxygen atoms in total. The Labute approximate surface area is 190 Å². The molecule has 2 aliphatic rings. The van der Waals surface area contributed by atoms with E-state index in [0.717, 1.165) is 15.2 Å². The second kappa shape index (κ2) is 8.18. The Balaban J connectivity index is 1.27. The van der Waals surface area contributed by atoms with Crippen LogP contribution in [0.3, 0.4) is 0 Å². The minimum Gasteiger partial charge on any atom is -0.373 e. The molecule has 2 saturated heterocycles. The van der Waals surface area contributed by atoms with Crippen LogP contribution in [-0.4, -0.2) is 87.6 Å². The molecule has 0 spiro atoms. The molecule has 2 atom stereocenters. The molecule has 12 heteroatoms. The number of hydrogen-bond donors (Lipinski definition) is 0. The Morgan fingerprint density at radius 2 is 1.77 bits per heavy atom. The summed E-state index contributed by atoms with van der Waals surface area (Å²) < 4.78 is 40.7. The highest BCUT2D eigenvalue weighted by Gasteiger charge is 2.36. The summed E-state index contributed by atoms with van der Waals surface area (Å²) in [5.74, 6) is 0. The lowest BCUT2D eigenvalue weighted by Gasteiger charge is -2.40. The van der Waals surface area contributed by atoms with Gasteiger partial charge in [0.05, 0.1) is 29.1 Å². The number of fused-ring (bicyclic) bond motifs is 3. The van der Waals surface area contributed by atoms with Crippen molar-refractivity contribution in [1.82, 2.24) is 27.7 Å². The van der Waals surface area contributed by atoms with E-state index in [0.29, 0.717) is 50.7 Å². The largest absolute Gasteiger partial charge is 0.373 e. The number of aromatic nitrogens is 3. The Kier molecular flexibility index (Phi) is 5.65. The number of rotatable bonds is 4. The summed E-state index contributed by atoms with van der Waals surface area (Å²) in [6.45, 7) is 7.40. The molecule has 2 unspecified atom stereocenters. The fourth-order valence-electron chi connectivity index (χ4n) is 4.35. The van der Waals surface area contributed by atoms with Crippen molar-refractivity contribution in [3.63, 3.8) is 0 Å². The van der Waals surface area contributed by atoms with Gasteiger partial charge in [-0.2, -0.15) is 17.0 Å². The molecule has 3 aromatic rings. The molecular weight excluding hydrogens is 456 g/mol. The van der Waals surface area contributed by atoms with Crippen LogP contribution in [0, 0.1) is 4.77 Å². The molecule has 0 N–H and O–H groups in total. The van der Waals surface area contributed by atoms with Gasteiger partial charge in [-0.25, -0.2) is 4.68 Å². The van der Waals surface area contributed by atoms with E-state index in [1.165, 1.54) is 0 Å². The molecular formula is C19H26N6O3S3. The summed E-state index contributed by atoms with van der Waals surface area (Å²) >= 11 is 7.31. The molecule has 0 radical (unpaired) electrons. The van der Waals surface area contributed by atoms with Crippen LogP contribution in [-0.2, 0) is 21.6 Å². The van der Waals surface area contributed by atoms with E-state index in [-0.39, 0.29) is 12.2 Å². The van der Waals surface area contributed by atoms with E-state index in [1.54, 1.807) is 19.9 Å². The first kappa shape index (κ1) is 21.4. The van der Waals surface area contributed by atoms with E-state index in [1.807, 2.05) is 35.1 Å². The minimum atomic E-state index is -3.48. The smallest absolute Gasteiger partial charge is 0.282 e. The molecule has 4 heterocycles. The molecule has 2 aliphatic heterocycles. The number of thiazole rings is 1. The van der Waals surface area contributed by atoms with E-state index in [4.69, 9.17) is 22.1 Å². The lowest BCUT2D eigenvalue weighted by atomic mass is 10.3. The van der Waals surface area contributed by atoms with Gasteiger partial charge in [-0.3, -0.25) is 9.30 Å².